The highest BCUT2D eigenvalue weighted by Crippen LogP contribution is 2.39. The van der Waals surface area contributed by atoms with E-state index in [0.717, 1.165) is 5.56 Å². The number of benzene rings is 1. The van der Waals surface area contributed by atoms with Crippen LogP contribution in [0.2, 0.25) is 0 Å². The molecule has 2 rings (SSSR count). The summed E-state index contributed by atoms with van der Waals surface area (Å²) >= 11 is 6.52. The molecule has 1 atom stereocenters. The molecule has 0 saturated carbocycles. The molecule has 1 aromatic heterocycles. The molecule has 0 aliphatic heterocycles. The van der Waals surface area contributed by atoms with Gasteiger partial charge in [0.05, 0.1) is 13.9 Å². The van der Waals surface area contributed by atoms with Crippen LogP contribution in [-0.4, -0.2) is 9.91 Å². The maximum atomic E-state index is 10.8. The molecule has 110 valence electrons. The number of rotatable bonds is 4. The van der Waals surface area contributed by atoms with E-state index in [9.17, 15) is 10.1 Å². The minimum absolute atomic E-state index is 0.0432. The van der Waals surface area contributed by atoms with Gasteiger partial charge in [0.15, 0.2) is 5.75 Å². The van der Waals surface area contributed by atoms with Gasteiger partial charge in [0.2, 0.25) is 5.88 Å². The Hall–Kier alpha value is -1.51. The van der Waals surface area contributed by atoms with Crippen LogP contribution in [0.15, 0.2) is 39.4 Å². The van der Waals surface area contributed by atoms with Crippen LogP contribution < -0.4 is 10.5 Å². The second-order valence-corrected chi connectivity index (χ2v) is 6.02. The Morgan fingerprint density at radius 2 is 1.95 bits per heavy atom. The zero-order valence-electron chi connectivity index (χ0n) is 10.9. The predicted octanol–water partition coefficient (Wildman–Crippen LogP) is 4.33. The lowest BCUT2D eigenvalue weighted by atomic mass is 10.1. The number of aromatic nitrogens is 1. The first-order chi connectivity index (χ1) is 9.88. The second-order valence-electron chi connectivity index (χ2n) is 4.31. The van der Waals surface area contributed by atoms with Crippen LogP contribution in [-0.2, 0) is 0 Å². The fraction of sp³-hybridized carbons (Fsp3) is 0.154. The molecule has 6 nitrogen and oxygen atoms in total. The summed E-state index contributed by atoms with van der Waals surface area (Å²) in [5, 5.41) is 10.8. The average molecular weight is 417 g/mol. The van der Waals surface area contributed by atoms with Crippen LogP contribution in [0.1, 0.15) is 18.5 Å². The van der Waals surface area contributed by atoms with Crippen molar-refractivity contribution in [2.24, 2.45) is 5.73 Å². The number of nitro benzene ring substituents is 1. The summed E-state index contributed by atoms with van der Waals surface area (Å²) in [6, 6.07) is 6.13. The van der Waals surface area contributed by atoms with Gasteiger partial charge in [-0.05, 0) is 50.4 Å². The normalized spacial score (nSPS) is 12.0. The fourth-order valence-corrected chi connectivity index (χ4v) is 2.94. The highest BCUT2D eigenvalue weighted by atomic mass is 79.9. The van der Waals surface area contributed by atoms with E-state index in [-0.39, 0.29) is 11.7 Å². The van der Waals surface area contributed by atoms with Crippen LogP contribution in [0.4, 0.5) is 5.69 Å². The molecule has 8 heteroatoms. The number of nitrogens with zero attached hydrogens (tertiary/aromatic N) is 2. The Balaban J connectivity index is 2.36. The molecule has 0 radical (unpaired) electrons. The monoisotopic (exact) mass is 415 g/mol. The first kappa shape index (κ1) is 15.9. The third-order valence-corrected chi connectivity index (χ3v) is 3.86. The molecule has 0 fully saturated rings. The lowest BCUT2D eigenvalue weighted by Crippen LogP contribution is -2.05. The molecule has 21 heavy (non-hydrogen) atoms. The topological polar surface area (TPSA) is 91.3 Å². The molecular weight excluding hydrogens is 406 g/mol. The summed E-state index contributed by atoms with van der Waals surface area (Å²) in [7, 11) is 0. The smallest absolute Gasteiger partial charge is 0.271 e. The maximum absolute atomic E-state index is 10.8. The van der Waals surface area contributed by atoms with Gasteiger partial charge in [-0.25, -0.2) is 4.98 Å². The van der Waals surface area contributed by atoms with Crippen molar-refractivity contribution in [3.05, 3.63) is 55.1 Å². The summed E-state index contributed by atoms with van der Waals surface area (Å²) in [5.41, 5.74) is 6.65. The van der Waals surface area contributed by atoms with Crippen molar-refractivity contribution in [3.63, 3.8) is 0 Å². The van der Waals surface area contributed by atoms with Crippen molar-refractivity contribution in [3.8, 4) is 11.6 Å². The van der Waals surface area contributed by atoms with Gasteiger partial charge in [0.25, 0.3) is 5.69 Å². The Bertz CT molecular complexity index is 669. The number of nitrogens with two attached hydrogens (primary N) is 1. The van der Waals surface area contributed by atoms with Crippen LogP contribution in [0.3, 0.4) is 0 Å². The lowest BCUT2D eigenvalue weighted by molar-refractivity contribution is -0.385. The molecular formula is C13H11Br2N3O3. The van der Waals surface area contributed by atoms with Gasteiger partial charge in [0, 0.05) is 30.4 Å². The van der Waals surface area contributed by atoms with E-state index in [1.54, 1.807) is 18.3 Å². The van der Waals surface area contributed by atoms with E-state index >= 15 is 0 Å². The van der Waals surface area contributed by atoms with E-state index in [1.807, 2.05) is 6.92 Å². The Labute approximate surface area is 137 Å². The molecule has 0 aliphatic carbocycles. The number of halogens is 2. The van der Waals surface area contributed by atoms with Crippen molar-refractivity contribution < 1.29 is 9.66 Å². The van der Waals surface area contributed by atoms with Crippen molar-refractivity contribution in [1.29, 1.82) is 0 Å². The highest BCUT2D eigenvalue weighted by molar-refractivity contribution is 9.11. The molecule has 0 aliphatic rings. The highest BCUT2D eigenvalue weighted by Gasteiger charge is 2.16. The molecule has 2 N–H and O–H groups in total. The molecule has 0 spiro atoms. The quantitative estimate of drug-likeness (QED) is 0.591. The summed E-state index contributed by atoms with van der Waals surface area (Å²) < 4.78 is 6.59. The van der Waals surface area contributed by atoms with Crippen LogP contribution in [0.5, 0.6) is 11.6 Å². The Morgan fingerprint density at radius 1 is 1.33 bits per heavy atom. The van der Waals surface area contributed by atoms with E-state index in [2.05, 4.69) is 36.8 Å². The van der Waals surface area contributed by atoms with E-state index in [4.69, 9.17) is 10.5 Å². The Kier molecular flexibility index (Phi) is 4.92. The van der Waals surface area contributed by atoms with Crippen molar-refractivity contribution in [1.82, 2.24) is 4.98 Å². The minimum Gasteiger partial charge on any atom is -0.437 e. The molecule has 0 saturated heterocycles. The molecule has 0 bridgehead atoms. The van der Waals surface area contributed by atoms with Crippen LogP contribution >= 0.6 is 31.9 Å². The van der Waals surface area contributed by atoms with Gasteiger partial charge in [-0.15, -0.1) is 0 Å². The van der Waals surface area contributed by atoms with Gasteiger partial charge in [0.1, 0.15) is 0 Å². The van der Waals surface area contributed by atoms with E-state index in [0.29, 0.717) is 20.6 Å². The largest absolute Gasteiger partial charge is 0.437 e. The number of ether oxygens (including phenoxy) is 1. The number of hydrogen-bond acceptors (Lipinski definition) is 5. The second kappa shape index (κ2) is 6.50. The van der Waals surface area contributed by atoms with Crippen molar-refractivity contribution in [2.45, 2.75) is 13.0 Å². The van der Waals surface area contributed by atoms with Crippen LogP contribution in [0.25, 0.3) is 0 Å². The standard InChI is InChI=1S/C13H11Br2N3O3/c1-7(16)8-2-3-17-12(4-8)21-13-10(14)5-9(18(19)20)6-11(13)15/h2-7H,16H2,1H3. The summed E-state index contributed by atoms with van der Waals surface area (Å²) in [5.74, 6) is 0.773. The number of hydrogen-bond donors (Lipinski definition) is 1. The van der Waals surface area contributed by atoms with Crippen molar-refractivity contribution >= 4 is 37.5 Å². The van der Waals surface area contributed by atoms with Gasteiger partial charge >= 0.3 is 0 Å². The summed E-state index contributed by atoms with van der Waals surface area (Å²) in [4.78, 5) is 14.4. The van der Waals surface area contributed by atoms with Gasteiger partial charge in [-0.3, -0.25) is 10.1 Å². The van der Waals surface area contributed by atoms with Gasteiger partial charge < -0.3 is 10.5 Å². The fourth-order valence-electron chi connectivity index (χ4n) is 1.62. The Morgan fingerprint density at radius 3 is 2.48 bits per heavy atom. The number of pyridine rings is 1. The molecule has 1 heterocycles. The predicted molar refractivity (Wildman–Crippen MR) is 85.4 cm³/mol. The van der Waals surface area contributed by atoms with Crippen LogP contribution in [0, 0.1) is 10.1 Å². The molecule has 0 amide bonds. The minimum atomic E-state index is -0.478. The number of nitro groups is 1. The third kappa shape index (κ3) is 3.78. The third-order valence-electron chi connectivity index (χ3n) is 2.69. The molecule has 1 unspecified atom stereocenters. The summed E-state index contributed by atoms with van der Waals surface area (Å²) in [6.07, 6.45) is 1.60. The zero-order chi connectivity index (χ0) is 15.6. The average Bonchev–Trinajstić information content (AvgIpc) is 2.42. The SMILES string of the molecule is CC(N)c1ccnc(Oc2c(Br)cc([N+](=O)[O-])cc2Br)c1. The summed E-state index contributed by atoms with van der Waals surface area (Å²) in [6.45, 7) is 1.86. The first-order valence-corrected chi connectivity index (χ1v) is 7.50. The van der Waals surface area contributed by atoms with Gasteiger partial charge in [-0.1, -0.05) is 0 Å². The zero-order valence-corrected chi connectivity index (χ0v) is 14.1. The van der Waals surface area contributed by atoms with E-state index in [1.165, 1.54) is 12.1 Å². The van der Waals surface area contributed by atoms with Gasteiger partial charge in [-0.2, -0.15) is 0 Å². The maximum Gasteiger partial charge on any atom is 0.271 e. The van der Waals surface area contributed by atoms with Crippen molar-refractivity contribution in [2.75, 3.05) is 0 Å². The lowest BCUT2D eigenvalue weighted by Gasteiger charge is -2.11. The van der Waals surface area contributed by atoms with E-state index < -0.39 is 4.92 Å². The molecule has 1 aromatic carbocycles. The first-order valence-electron chi connectivity index (χ1n) is 5.91. The number of non-ortho nitro benzene ring substituents is 1. The molecule has 2 aromatic rings.